The van der Waals surface area contributed by atoms with Crippen molar-refractivity contribution < 1.29 is 2.85 Å². The molecule has 1 rings (SSSR count). The van der Waals surface area contributed by atoms with Gasteiger partial charge in [0.25, 0.3) is 0 Å². The van der Waals surface area contributed by atoms with Gasteiger partial charge < -0.3 is 0 Å². The topological polar surface area (TPSA) is 44.5 Å². The Morgan fingerprint density at radius 1 is 2.00 bits per heavy atom. The summed E-state index contributed by atoms with van der Waals surface area (Å²) in [6, 6.07) is 0. The fraction of sp³-hybridized carbons (Fsp3) is 0. The van der Waals surface area contributed by atoms with E-state index in [1.54, 1.807) is 0 Å². The molecular weight excluding hydrogens is 98.1 g/mol. The second-order valence-electron chi connectivity index (χ2n) is 0.833. The largest absolute Gasteiger partial charge is 0.288 e. The number of H-pyrrole nitrogens is 2. The van der Waals surface area contributed by atoms with Gasteiger partial charge in [0.05, 0.1) is 0 Å². The summed E-state index contributed by atoms with van der Waals surface area (Å²) in [5, 5.41) is 5.17. The Kier molecular flexibility index (Phi) is 0.719. The third-order valence-corrected chi connectivity index (χ3v) is 0.633. The van der Waals surface area contributed by atoms with E-state index in [2.05, 4.69) is 27.4 Å². The Balaban J connectivity index is 0. The zero-order valence-corrected chi connectivity index (χ0v) is 3.75. The molecule has 0 aliphatic carbocycles. The van der Waals surface area contributed by atoms with Crippen molar-refractivity contribution in [2.75, 3.05) is 0 Å². The van der Waals surface area contributed by atoms with Gasteiger partial charge in [0.2, 0.25) is 4.77 Å². The molecule has 0 aromatic carbocycles. The highest BCUT2D eigenvalue weighted by Crippen LogP contribution is 1.66. The van der Waals surface area contributed by atoms with E-state index in [-0.39, 0.29) is 2.85 Å². The first-order chi connectivity index (χ1) is 2.89. The van der Waals surface area contributed by atoms with Gasteiger partial charge in [-0.1, -0.05) is 0 Å². The standard InChI is InChI=1S/C2H3N3S.2H2/c6-2-3-1-4-5-2;;/h1H,(H2,3,4,5,6);2*1H. The zero-order chi connectivity index (χ0) is 4.41. The summed E-state index contributed by atoms with van der Waals surface area (Å²) in [5.41, 5.74) is 0. The number of hydrogen-bond donors (Lipinski definition) is 2. The monoisotopic (exact) mass is 105 g/mol. The molecule has 0 bridgehead atoms. The normalized spacial score (nSPS) is 8.67. The predicted octanol–water partition coefficient (Wildman–Crippen LogP) is 0.959. The molecule has 0 spiro atoms. The lowest BCUT2D eigenvalue weighted by atomic mass is 11.3. The molecule has 0 radical (unpaired) electrons. The maximum absolute atomic E-state index is 4.55. The molecule has 3 nitrogen and oxygen atoms in total. The van der Waals surface area contributed by atoms with Crippen LogP contribution in [0.1, 0.15) is 2.85 Å². The Morgan fingerprint density at radius 2 is 2.83 bits per heavy atom. The van der Waals surface area contributed by atoms with Gasteiger partial charge in [0, 0.05) is 2.85 Å². The number of nitrogens with zero attached hydrogens (tertiary/aromatic N) is 1. The molecule has 1 heterocycles. The molecule has 0 saturated heterocycles. The number of aromatic nitrogens is 3. The molecule has 0 aliphatic heterocycles. The van der Waals surface area contributed by atoms with Crippen molar-refractivity contribution >= 4 is 12.2 Å². The molecule has 0 unspecified atom stereocenters. The maximum Gasteiger partial charge on any atom is 0.213 e. The van der Waals surface area contributed by atoms with Crippen LogP contribution < -0.4 is 0 Å². The SMILES string of the molecule is S=c1nc[nH][nH]1.[HH].[HH]. The van der Waals surface area contributed by atoms with Crippen molar-refractivity contribution in [2.24, 2.45) is 0 Å². The van der Waals surface area contributed by atoms with Gasteiger partial charge in [0.15, 0.2) is 0 Å². The number of rotatable bonds is 0. The summed E-state index contributed by atoms with van der Waals surface area (Å²) >= 11 is 4.55. The molecule has 0 amide bonds. The first kappa shape index (κ1) is 3.55. The maximum atomic E-state index is 4.55. The van der Waals surface area contributed by atoms with Crippen LogP contribution in [-0.2, 0) is 0 Å². The molecule has 6 heavy (non-hydrogen) atoms. The Bertz CT molecular complexity index is 153. The lowest BCUT2D eigenvalue weighted by Crippen LogP contribution is -1.59. The smallest absolute Gasteiger partial charge is 0.213 e. The van der Waals surface area contributed by atoms with E-state index in [1.807, 2.05) is 0 Å². The average Bonchev–Trinajstić information content (AvgIpc) is 1.86. The third kappa shape index (κ3) is 0.463. The Morgan fingerprint density at radius 3 is 3.00 bits per heavy atom. The Hall–Kier alpha value is -0.640. The van der Waals surface area contributed by atoms with Crippen LogP contribution in [0.25, 0.3) is 0 Å². The van der Waals surface area contributed by atoms with E-state index in [4.69, 9.17) is 0 Å². The van der Waals surface area contributed by atoms with Crippen molar-refractivity contribution in [1.82, 2.24) is 15.2 Å². The fourth-order valence-electron chi connectivity index (χ4n) is 0.217. The lowest BCUT2D eigenvalue weighted by Gasteiger charge is -1.54. The first-order valence-electron chi connectivity index (χ1n) is 1.47. The summed E-state index contributed by atoms with van der Waals surface area (Å²) in [6.45, 7) is 0. The minimum absolute atomic E-state index is 0. The van der Waals surface area contributed by atoms with Gasteiger partial charge in [-0.25, -0.2) is 4.98 Å². The van der Waals surface area contributed by atoms with Crippen LogP contribution in [0.5, 0.6) is 0 Å². The van der Waals surface area contributed by atoms with E-state index in [0.717, 1.165) is 0 Å². The molecule has 0 atom stereocenters. The van der Waals surface area contributed by atoms with Gasteiger partial charge in [-0.05, 0) is 12.2 Å². The quantitative estimate of drug-likeness (QED) is 0.483. The molecule has 36 valence electrons. The highest BCUT2D eigenvalue weighted by molar-refractivity contribution is 7.71. The van der Waals surface area contributed by atoms with Crippen molar-refractivity contribution in [1.29, 1.82) is 0 Å². The van der Waals surface area contributed by atoms with Crippen LogP contribution in [-0.4, -0.2) is 15.2 Å². The van der Waals surface area contributed by atoms with Gasteiger partial charge in [-0.3, -0.25) is 10.2 Å². The second kappa shape index (κ2) is 1.22. The molecule has 1 aromatic heterocycles. The zero-order valence-electron chi connectivity index (χ0n) is 2.93. The summed E-state index contributed by atoms with van der Waals surface area (Å²) in [5.74, 6) is 0. The first-order valence-corrected chi connectivity index (χ1v) is 1.88. The number of hydrogen-bond acceptors (Lipinski definition) is 2. The average molecular weight is 105 g/mol. The van der Waals surface area contributed by atoms with Crippen LogP contribution in [0, 0.1) is 4.77 Å². The van der Waals surface area contributed by atoms with Gasteiger partial charge in [0.1, 0.15) is 6.33 Å². The van der Waals surface area contributed by atoms with Crippen LogP contribution in [0.3, 0.4) is 0 Å². The molecule has 0 saturated carbocycles. The van der Waals surface area contributed by atoms with Crippen molar-refractivity contribution in [2.45, 2.75) is 0 Å². The van der Waals surface area contributed by atoms with E-state index < -0.39 is 0 Å². The predicted molar refractivity (Wildman–Crippen MR) is 28.0 cm³/mol. The van der Waals surface area contributed by atoms with Crippen molar-refractivity contribution in [3.8, 4) is 0 Å². The summed E-state index contributed by atoms with van der Waals surface area (Å²) in [7, 11) is 0. The summed E-state index contributed by atoms with van der Waals surface area (Å²) in [4.78, 5) is 3.62. The molecule has 2 N–H and O–H groups in total. The second-order valence-corrected chi connectivity index (χ2v) is 1.22. The van der Waals surface area contributed by atoms with Crippen molar-refractivity contribution in [3.05, 3.63) is 11.1 Å². The van der Waals surface area contributed by atoms with E-state index in [0.29, 0.717) is 4.77 Å². The summed E-state index contributed by atoms with van der Waals surface area (Å²) in [6.07, 6.45) is 1.50. The highest BCUT2D eigenvalue weighted by Gasteiger charge is 1.66. The molecule has 1 aromatic rings. The van der Waals surface area contributed by atoms with Crippen LogP contribution in [0.4, 0.5) is 0 Å². The Labute approximate surface area is 42.4 Å². The van der Waals surface area contributed by atoms with Gasteiger partial charge in [-0.15, -0.1) is 0 Å². The summed E-state index contributed by atoms with van der Waals surface area (Å²) < 4.78 is 0.495. The van der Waals surface area contributed by atoms with Crippen molar-refractivity contribution in [3.63, 3.8) is 0 Å². The van der Waals surface area contributed by atoms with Crippen LogP contribution in [0.15, 0.2) is 6.33 Å². The van der Waals surface area contributed by atoms with Crippen LogP contribution in [0.2, 0.25) is 0 Å². The van der Waals surface area contributed by atoms with E-state index >= 15 is 0 Å². The molecule has 0 fully saturated rings. The molecule has 4 heteroatoms. The fourth-order valence-corrected chi connectivity index (χ4v) is 0.329. The van der Waals surface area contributed by atoms with Gasteiger partial charge in [-0.2, -0.15) is 0 Å². The molecule has 0 aliphatic rings. The highest BCUT2D eigenvalue weighted by atomic mass is 32.1. The minimum Gasteiger partial charge on any atom is -0.288 e. The van der Waals surface area contributed by atoms with Gasteiger partial charge >= 0.3 is 0 Å². The van der Waals surface area contributed by atoms with E-state index in [1.165, 1.54) is 6.33 Å². The number of aromatic amines is 2. The van der Waals surface area contributed by atoms with E-state index in [9.17, 15) is 0 Å². The third-order valence-electron chi connectivity index (χ3n) is 0.425. The lowest BCUT2D eigenvalue weighted by molar-refractivity contribution is 1.08. The molecular formula is C2H7N3S. The minimum atomic E-state index is 0. The van der Waals surface area contributed by atoms with Crippen LogP contribution >= 0.6 is 12.2 Å². The number of nitrogens with one attached hydrogen (secondary N) is 2.